The van der Waals surface area contributed by atoms with Gasteiger partial charge < -0.3 is 20.1 Å². The second-order valence-electron chi connectivity index (χ2n) is 6.15. The number of carbonyl (C=O) groups is 1. The van der Waals surface area contributed by atoms with Gasteiger partial charge in [-0.05, 0) is 31.5 Å². The van der Waals surface area contributed by atoms with Gasteiger partial charge in [0.2, 0.25) is 5.91 Å². The predicted octanol–water partition coefficient (Wildman–Crippen LogP) is 2.66. The van der Waals surface area contributed by atoms with Gasteiger partial charge in [0.05, 0.1) is 25.9 Å². The molecule has 134 valence electrons. The van der Waals surface area contributed by atoms with Crippen LogP contribution in [0.1, 0.15) is 25.8 Å². The minimum absolute atomic E-state index is 0.0541. The summed E-state index contributed by atoms with van der Waals surface area (Å²) in [5.41, 5.74) is 1.87. The summed E-state index contributed by atoms with van der Waals surface area (Å²) in [5, 5.41) is 6.36. The van der Waals surface area contributed by atoms with Gasteiger partial charge in [-0.2, -0.15) is 11.8 Å². The van der Waals surface area contributed by atoms with Crippen LogP contribution in [0.2, 0.25) is 0 Å². The first-order valence-electron chi connectivity index (χ1n) is 8.53. The highest BCUT2D eigenvalue weighted by Gasteiger charge is 2.16. The van der Waals surface area contributed by atoms with Gasteiger partial charge in [-0.3, -0.25) is 4.79 Å². The molecule has 0 spiro atoms. The number of thioether (sulfide) groups is 1. The lowest BCUT2D eigenvalue weighted by molar-refractivity contribution is -0.116. The molecule has 1 heterocycles. The molecule has 1 aliphatic rings. The Hall–Kier alpha value is -1.08. The number of anilines is 1. The quantitative estimate of drug-likeness (QED) is 0.669. The Labute approximate surface area is 148 Å². The van der Waals surface area contributed by atoms with Gasteiger partial charge in [-0.25, -0.2) is 0 Å². The van der Waals surface area contributed by atoms with Gasteiger partial charge in [0, 0.05) is 36.2 Å². The number of hydrogen-bond acceptors (Lipinski definition) is 5. The molecule has 0 aliphatic carbocycles. The van der Waals surface area contributed by atoms with Crippen LogP contribution in [0.25, 0.3) is 0 Å². The highest BCUT2D eigenvalue weighted by Crippen LogP contribution is 2.14. The van der Waals surface area contributed by atoms with Crippen molar-refractivity contribution in [2.24, 2.45) is 0 Å². The Morgan fingerprint density at radius 2 is 2.29 bits per heavy atom. The fourth-order valence-electron chi connectivity index (χ4n) is 2.46. The highest BCUT2D eigenvalue weighted by molar-refractivity contribution is 7.99. The van der Waals surface area contributed by atoms with Crippen molar-refractivity contribution in [3.63, 3.8) is 0 Å². The zero-order valence-corrected chi connectivity index (χ0v) is 15.4. The number of ether oxygens (including phenoxy) is 2. The Balaban J connectivity index is 1.72. The van der Waals surface area contributed by atoms with E-state index in [1.54, 1.807) is 0 Å². The number of rotatable bonds is 9. The van der Waals surface area contributed by atoms with Crippen LogP contribution < -0.4 is 10.6 Å². The van der Waals surface area contributed by atoms with E-state index in [4.69, 9.17) is 9.47 Å². The Morgan fingerprint density at radius 1 is 1.42 bits per heavy atom. The first-order valence-corrected chi connectivity index (χ1v) is 9.68. The summed E-state index contributed by atoms with van der Waals surface area (Å²) in [6, 6.07) is 8.08. The van der Waals surface area contributed by atoms with Crippen molar-refractivity contribution in [1.82, 2.24) is 5.32 Å². The van der Waals surface area contributed by atoms with Crippen LogP contribution in [0.5, 0.6) is 0 Å². The molecule has 24 heavy (non-hydrogen) atoms. The van der Waals surface area contributed by atoms with Crippen LogP contribution >= 0.6 is 11.8 Å². The Morgan fingerprint density at radius 3 is 3.04 bits per heavy atom. The van der Waals surface area contributed by atoms with Crippen molar-refractivity contribution in [1.29, 1.82) is 0 Å². The number of amides is 1. The summed E-state index contributed by atoms with van der Waals surface area (Å²) in [6.07, 6.45) is 0.740. The summed E-state index contributed by atoms with van der Waals surface area (Å²) in [4.78, 5) is 12.1. The number of benzene rings is 1. The lowest BCUT2D eigenvalue weighted by atomic mass is 10.2. The standard InChI is InChI=1S/C18H28N2O3S/c1-14(2)23-8-7-22-12-15-4-3-5-16(10-15)20-18(21)11-17-13-24-9-6-19-17/h3-5,10,14,17,19H,6-9,11-13H2,1-2H3,(H,20,21). The van der Waals surface area contributed by atoms with E-state index in [1.807, 2.05) is 49.9 Å². The van der Waals surface area contributed by atoms with Crippen LogP contribution in [-0.4, -0.2) is 49.3 Å². The third-order valence-corrected chi connectivity index (χ3v) is 4.72. The molecule has 2 N–H and O–H groups in total. The van der Waals surface area contributed by atoms with Gasteiger partial charge in [0.1, 0.15) is 0 Å². The molecule has 0 bridgehead atoms. The monoisotopic (exact) mass is 352 g/mol. The van der Waals surface area contributed by atoms with Crippen LogP contribution in [0.15, 0.2) is 24.3 Å². The Kier molecular flexibility index (Phi) is 8.59. The predicted molar refractivity (Wildman–Crippen MR) is 99.5 cm³/mol. The van der Waals surface area contributed by atoms with Gasteiger partial charge in [-0.1, -0.05) is 12.1 Å². The molecule has 1 aromatic carbocycles. The molecule has 0 aromatic heterocycles. The molecular weight excluding hydrogens is 324 g/mol. The van der Waals surface area contributed by atoms with Crippen LogP contribution in [-0.2, 0) is 20.9 Å². The molecule has 1 atom stereocenters. The highest BCUT2D eigenvalue weighted by atomic mass is 32.2. The average Bonchev–Trinajstić information content (AvgIpc) is 2.55. The van der Waals surface area contributed by atoms with E-state index in [0.717, 1.165) is 29.3 Å². The summed E-state index contributed by atoms with van der Waals surface area (Å²) < 4.78 is 11.0. The minimum atomic E-state index is 0.0541. The maximum Gasteiger partial charge on any atom is 0.225 e. The molecule has 5 nitrogen and oxygen atoms in total. The van der Waals surface area contributed by atoms with E-state index in [1.165, 1.54) is 0 Å². The van der Waals surface area contributed by atoms with E-state index < -0.39 is 0 Å². The van der Waals surface area contributed by atoms with E-state index in [-0.39, 0.29) is 18.1 Å². The molecule has 1 aliphatic heterocycles. The van der Waals surface area contributed by atoms with Crippen molar-refractivity contribution in [2.75, 3.05) is 36.6 Å². The smallest absolute Gasteiger partial charge is 0.225 e. The normalized spacial score (nSPS) is 17.9. The number of hydrogen-bond donors (Lipinski definition) is 2. The third kappa shape index (κ3) is 7.66. The summed E-state index contributed by atoms with van der Waals surface area (Å²) in [6.45, 7) is 6.68. The van der Waals surface area contributed by atoms with E-state index in [0.29, 0.717) is 26.2 Å². The number of carbonyl (C=O) groups excluding carboxylic acids is 1. The fourth-order valence-corrected chi connectivity index (χ4v) is 3.41. The molecule has 0 saturated carbocycles. The molecule has 1 saturated heterocycles. The summed E-state index contributed by atoms with van der Waals surface area (Å²) in [7, 11) is 0. The van der Waals surface area contributed by atoms with Crippen molar-refractivity contribution in [2.45, 2.75) is 39.0 Å². The van der Waals surface area contributed by atoms with Gasteiger partial charge >= 0.3 is 0 Å². The largest absolute Gasteiger partial charge is 0.376 e. The topological polar surface area (TPSA) is 59.6 Å². The lowest BCUT2D eigenvalue weighted by Gasteiger charge is -2.22. The molecule has 1 amide bonds. The SMILES string of the molecule is CC(C)OCCOCc1cccc(NC(=O)CC2CSCCN2)c1. The zero-order valence-electron chi connectivity index (χ0n) is 14.5. The third-order valence-electron chi connectivity index (χ3n) is 3.59. The Bertz CT molecular complexity index is 505. The molecule has 1 unspecified atom stereocenters. The van der Waals surface area contributed by atoms with Crippen molar-refractivity contribution in [3.05, 3.63) is 29.8 Å². The van der Waals surface area contributed by atoms with Crippen molar-refractivity contribution < 1.29 is 14.3 Å². The van der Waals surface area contributed by atoms with Crippen LogP contribution in [0, 0.1) is 0 Å². The van der Waals surface area contributed by atoms with Crippen LogP contribution in [0.4, 0.5) is 5.69 Å². The van der Waals surface area contributed by atoms with Gasteiger partial charge in [-0.15, -0.1) is 0 Å². The summed E-state index contributed by atoms with van der Waals surface area (Å²) >= 11 is 1.90. The minimum Gasteiger partial charge on any atom is -0.376 e. The maximum atomic E-state index is 12.1. The first-order chi connectivity index (χ1) is 11.6. The van der Waals surface area contributed by atoms with Crippen LogP contribution in [0.3, 0.4) is 0 Å². The molecule has 1 fully saturated rings. The zero-order chi connectivity index (χ0) is 17.2. The fraction of sp³-hybridized carbons (Fsp3) is 0.611. The van der Waals surface area contributed by atoms with Crippen molar-refractivity contribution >= 4 is 23.4 Å². The molecule has 2 rings (SSSR count). The number of nitrogens with one attached hydrogen (secondary N) is 2. The molecule has 1 aromatic rings. The van der Waals surface area contributed by atoms with E-state index >= 15 is 0 Å². The van der Waals surface area contributed by atoms with E-state index in [9.17, 15) is 4.79 Å². The lowest BCUT2D eigenvalue weighted by Crippen LogP contribution is -2.39. The second kappa shape index (κ2) is 10.7. The first kappa shape index (κ1) is 19.2. The molecule has 6 heteroatoms. The van der Waals surface area contributed by atoms with E-state index in [2.05, 4.69) is 10.6 Å². The molecular formula is C18H28N2O3S. The second-order valence-corrected chi connectivity index (χ2v) is 7.30. The molecule has 0 radical (unpaired) electrons. The van der Waals surface area contributed by atoms with Gasteiger partial charge in [0.25, 0.3) is 0 Å². The van der Waals surface area contributed by atoms with Crippen molar-refractivity contribution in [3.8, 4) is 0 Å². The summed E-state index contributed by atoms with van der Waals surface area (Å²) in [5.74, 6) is 2.18. The average molecular weight is 353 g/mol. The maximum absolute atomic E-state index is 12.1. The van der Waals surface area contributed by atoms with Gasteiger partial charge in [0.15, 0.2) is 0 Å².